The molecule has 1 aromatic rings. The molecule has 0 aromatic heterocycles. The number of halogens is 1. The maximum absolute atomic E-state index is 12.0. The summed E-state index contributed by atoms with van der Waals surface area (Å²) in [4.78, 5) is 22.4. The zero-order chi connectivity index (χ0) is 13.7. The van der Waals surface area contributed by atoms with Crippen molar-refractivity contribution in [3.63, 3.8) is 0 Å². The Morgan fingerprint density at radius 3 is 2.67 bits per heavy atom. The van der Waals surface area contributed by atoms with Gasteiger partial charge in [0.2, 0.25) is 0 Å². The van der Waals surface area contributed by atoms with Gasteiger partial charge in [0.1, 0.15) is 0 Å². The number of hydrogen-bond donors (Lipinski definition) is 1. The van der Waals surface area contributed by atoms with Crippen molar-refractivity contribution < 1.29 is 14.7 Å². The largest absolute Gasteiger partial charge is 0.481 e. The van der Waals surface area contributed by atoms with E-state index in [1.165, 1.54) is 0 Å². The van der Waals surface area contributed by atoms with Crippen molar-refractivity contribution in [1.82, 2.24) is 0 Å². The number of benzene rings is 1. The lowest BCUT2D eigenvalue weighted by molar-refractivity contribution is -0.136. The van der Waals surface area contributed by atoms with E-state index >= 15 is 0 Å². The van der Waals surface area contributed by atoms with Crippen LogP contribution in [0.1, 0.15) is 28.4 Å². The first-order chi connectivity index (χ1) is 8.47. The topological polar surface area (TPSA) is 78.2 Å². The number of nitrogens with zero attached hydrogens (tertiary/aromatic N) is 1. The Bertz CT molecular complexity index is 517. The number of alkyl halides is 1. The average molecular weight is 310 g/mol. The summed E-state index contributed by atoms with van der Waals surface area (Å²) >= 11 is 3.19. The molecule has 0 aliphatic heterocycles. The molecule has 0 saturated heterocycles. The van der Waals surface area contributed by atoms with E-state index < -0.39 is 5.97 Å². The van der Waals surface area contributed by atoms with Crippen LogP contribution < -0.4 is 0 Å². The number of carbonyl (C=O) groups excluding carboxylic acids is 1. The lowest BCUT2D eigenvalue weighted by Gasteiger charge is -2.11. The molecule has 0 radical (unpaired) electrons. The van der Waals surface area contributed by atoms with Gasteiger partial charge in [-0.1, -0.05) is 34.1 Å². The molecule has 1 rings (SSSR count). The Morgan fingerprint density at radius 1 is 1.50 bits per heavy atom. The molecule has 0 aliphatic carbocycles. The van der Waals surface area contributed by atoms with E-state index in [1.807, 2.05) is 6.07 Å². The Morgan fingerprint density at radius 2 is 2.17 bits per heavy atom. The summed E-state index contributed by atoms with van der Waals surface area (Å²) in [7, 11) is 0. The quantitative estimate of drug-likeness (QED) is 0.669. The summed E-state index contributed by atoms with van der Waals surface area (Å²) in [6.45, 7) is 1.70. The maximum Gasteiger partial charge on any atom is 0.307 e. The van der Waals surface area contributed by atoms with Crippen LogP contribution in [-0.4, -0.2) is 21.7 Å². The molecule has 0 bridgehead atoms. The van der Waals surface area contributed by atoms with E-state index in [-0.39, 0.29) is 23.5 Å². The van der Waals surface area contributed by atoms with Crippen molar-refractivity contribution in [2.75, 3.05) is 0 Å². The number of carbonyl (C=O) groups is 2. The lowest BCUT2D eigenvalue weighted by atomic mass is 9.93. The Kier molecular flexibility index (Phi) is 5.05. The van der Waals surface area contributed by atoms with Gasteiger partial charge in [-0.15, -0.1) is 0 Å². The van der Waals surface area contributed by atoms with Gasteiger partial charge < -0.3 is 5.11 Å². The highest BCUT2D eigenvalue weighted by Gasteiger charge is 2.19. The van der Waals surface area contributed by atoms with Crippen LogP contribution in [0.25, 0.3) is 0 Å². The molecule has 18 heavy (non-hydrogen) atoms. The van der Waals surface area contributed by atoms with Crippen LogP contribution in [-0.2, 0) is 17.6 Å². The molecule has 5 heteroatoms. The molecular formula is C13H12BrNO3. The molecule has 0 heterocycles. The van der Waals surface area contributed by atoms with Crippen LogP contribution >= 0.6 is 15.9 Å². The van der Waals surface area contributed by atoms with E-state index in [9.17, 15) is 9.59 Å². The fourth-order valence-corrected chi connectivity index (χ4v) is 1.94. The van der Waals surface area contributed by atoms with E-state index in [0.717, 1.165) is 0 Å². The van der Waals surface area contributed by atoms with Crippen LogP contribution in [0.3, 0.4) is 0 Å². The fourth-order valence-electron chi connectivity index (χ4n) is 1.70. The lowest BCUT2D eigenvalue weighted by Crippen LogP contribution is -2.15. The summed E-state index contributed by atoms with van der Waals surface area (Å²) in [6, 6.07) is 6.87. The Labute approximate surface area is 113 Å². The van der Waals surface area contributed by atoms with Crippen molar-refractivity contribution in [1.29, 1.82) is 5.26 Å². The summed E-state index contributed by atoms with van der Waals surface area (Å²) in [5.74, 6) is -1.13. The second-order valence-corrected chi connectivity index (χ2v) is 5.20. The molecule has 1 aromatic carbocycles. The number of rotatable bonds is 5. The predicted octanol–water partition coefficient (Wildman–Crippen LogP) is 2.35. The third-order valence-corrected chi connectivity index (χ3v) is 2.91. The summed E-state index contributed by atoms with van der Waals surface area (Å²) in [5, 5.41) is 17.6. The molecule has 0 fully saturated rings. The molecule has 1 atom stereocenters. The van der Waals surface area contributed by atoms with Crippen LogP contribution in [0.4, 0.5) is 0 Å². The second-order valence-electron chi connectivity index (χ2n) is 3.83. The first kappa shape index (κ1) is 14.4. The minimum Gasteiger partial charge on any atom is -0.481 e. The molecule has 0 saturated carbocycles. The van der Waals surface area contributed by atoms with Gasteiger partial charge in [-0.3, -0.25) is 9.59 Å². The number of nitriles is 1. The molecule has 0 amide bonds. The average Bonchev–Trinajstić information content (AvgIpc) is 2.30. The van der Waals surface area contributed by atoms with E-state index in [0.29, 0.717) is 16.7 Å². The van der Waals surface area contributed by atoms with Gasteiger partial charge in [0, 0.05) is 5.56 Å². The number of Topliss-reactive ketones (excluding diaryl/α,β-unsaturated/α-hetero) is 1. The second kappa shape index (κ2) is 6.31. The third-order valence-electron chi connectivity index (χ3n) is 2.50. The molecule has 4 nitrogen and oxygen atoms in total. The van der Waals surface area contributed by atoms with Gasteiger partial charge in [-0.25, -0.2) is 0 Å². The van der Waals surface area contributed by atoms with Gasteiger partial charge in [-0.2, -0.15) is 5.26 Å². The SMILES string of the molecule is CC(Br)C(=O)c1cccc(CC(=O)O)c1CC#N. The number of carboxylic acids is 1. The third kappa shape index (κ3) is 3.41. The minimum absolute atomic E-state index is 0.0320. The molecule has 94 valence electrons. The van der Waals surface area contributed by atoms with Gasteiger partial charge in [0.25, 0.3) is 0 Å². The number of hydrogen-bond acceptors (Lipinski definition) is 3. The van der Waals surface area contributed by atoms with Crippen molar-refractivity contribution in [3.8, 4) is 6.07 Å². The Balaban J connectivity index is 3.30. The monoisotopic (exact) mass is 309 g/mol. The van der Waals surface area contributed by atoms with Crippen molar-refractivity contribution >= 4 is 27.7 Å². The van der Waals surface area contributed by atoms with Crippen LogP contribution in [0.15, 0.2) is 18.2 Å². The molecule has 0 aliphatic rings. The number of aliphatic carboxylic acids is 1. The van der Waals surface area contributed by atoms with Crippen molar-refractivity contribution in [2.45, 2.75) is 24.6 Å². The van der Waals surface area contributed by atoms with Crippen LogP contribution in [0, 0.1) is 11.3 Å². The van der Waals surface area contributed by atoms with Crippen LogP contribution in [0.2, 0.25) is 0 Å². The normalized spacial score (nSPS) is 11.6. The van der Waals surface area contributed by atoms with Gasteiger partial charge in [0.05, 0.1) is 23.7 Å². The van der Waals surface area contributed by atoms with Crippen LogP contribution in [0.5, 0.6) is 0 Å². The van der Waals surface area contributed by atoms with E-state index in [4.69, 9.17) is 10.4 Å². The Hall–Kier alpha value is -1.67. The first-order valence-corrected chi connectivity index (χ1v) is 6.26. The van der Waals surface area contributed by atoms with Crippen molar-refractivity contribution in [2.24, 2.45) is 0 Å². The van der Waals surface area contributed by atoms with Gasteiger partial charge >= 0.3 is 5.97 Å². The highest BCUT2D eigenvalue weighted by Crippen LogP contribution is 2.20. The predicted molar refractivity (Wildman–Crippen MR) is 69.8 cm³/mol. The molecular weight excluding hydrogens is 298 g/mol. The highest BCUT2D eigenvalue weighted by atomic mass is 79.9. The molecule has 1 unspecified atom stereocenters. The summed E-state index contributed by atoms with van der Waals surface area (Å²) in [5.41, 5.74) is 1.45. The minimum atomic E-state index is -0.981. The molecule has 1 N–H and O–H groups in total. The zero-order valence-corrected chi connectivity index (χ0v) is 11.4. The maximum atomic E-state index is 12.0. The highest BCUT2D eigenvalue weighted by molar-refractivity contribution is 9.10. The van der Waals surface area contributed by atoms with E-state index in [2.05, 4.69) is 15.9 Å². The van der Waals surface area contributed by atoms with Gasteiger partial charge in [-0.05, 0) is 18.1 Å². The number of ketones is 1. The standard InChI is InChI=1S/C13H12BrNO3/c1-8(14)13(18)11-4-2-3-9(7-12(16)17)10(11)5-6-15/h2-4,8H,5,7H2,1H3,(H,16,17). The van der Waals surface area contributed by atoms with E-state index in [1.54, 1.807) is 25.1 Å². The summed E-state index contributed by atoms with van der Waals surface area (Å²) in [6.07, 6.45) is -0.154. The fraction of sp³-hybridized carbons (Fsp3) is 0.308. The number of carboxylic acid groups (broad SMARTS) is 1. The van der Waals surface area contributed by atoms with Gasteiger partial charge in [0.15, 0.2) is 5.78 Å². The molecule has 0 spiro atoms. The zero-order valence-electron chi connectivity index (χ0n) is 9.81. The summed E-state index contributed by atoms with van der Waals surface area (Å²) < 4.78 is 0. The first-order valence-electron chi connectivity index (χ1n) is 5.35. The van der Waals surface area contributed by atoms with Crippen molar-refractivity contribution in [3.05, 3.63) is 34.9 Å². The smallest absolute Gasteiger partial charge is 0.307 e.